The molecule has 116 valence electrons. The van der Waals surface area contributed by atoms with Crippen molar-refractivity contribution in [2.24, 2.45) is 0 Å². The summed E-state index contributed by atoms with van der Waals surface area (Å²) in [5, 5.41) is 6.57. The highest BCUT2D eigenvalue weighted by Gasteiger charge is 2.37. The maximum atomic E-state index is 12.2. The summed E-state index contributed by atoms with van der Waals surface area (Å²) < 4.78 is 10.4. The van der Waals surface area contributed by atoms with Crippen LogP contribution >= 0.6 is 11.8 Å². The van der Waals surface area contributed by atoms with Crippen LogP contribution in [0.25, 0.3) is 11.5 Å². The first-order valence-electron chi connectivity index (χ1n) is 6.79. The number of aromatic nitrogens is 1. The predicted molar refractivity (Wildman–Crippen MR) is 80.1 cm³/mol. The summed E-state index contributed by atoms with van der Waals surface area (Å²) in [6.45, 7) is 0.0879. The van der Waals surface area contributed by atoms with E-state index in [2.05, 4.69) is 10.5 Å². The molecular weight excluding hydrogens is 306 g/mol. The number of imide groups is 1. The van der Waals surface area contributed by atoms with E-state index in [1.165, 1.54) is 6.26 Å². The molecule has 3 heterocycles. The van der Waals surface area contributed by atoms with Crippen LogP contribution in [-0.4, -0.2) is 40.0 Å². The lowest BCUT2D eigenvalue weighted by molar-refractivity contribution is -0.127. The fraction of sp³-hybridized carbons (Fsp3) is 0.357. The fourth-order valence-corrected chi connectivity index (χ4v) is 2.71. The monoisotopic (exact) mass is 321 g/mol. The Morgan fingerprint density at radius 1 is 1.41 bits per heavy atom. The second-order valence-electron chi connectivity index (χ2n) is 4.87. The van der Waals surface area contributed by atoms with Gasteiger partial charge in [-0.15, -0.1) is 0 Å². The molecule has 0 radical (unpaired) electrons. The lowest BCUT2D eigenvalue weighted by Crippen LogP contribution is -2.31. The van der Waals surface area contributed by atoms with Gasteiger partial charge in [-0.25, -0.2) is 4.79 Å². The first-order valence-corrected chi connectivity index (χ1v) is 8.18. The molecule has 0 saturated carbocycles. The van der Waals surface area contributed by atoms with E-state index in [0.29, 0.717) is 23.6 Å². The van der Waals surface area contributed by atoms with Gasteiger partial charge in [-0.1, -0.05) is 5.16 Å². The molecule has 0 bridgehead atoms. The number of nitrogens with zero attached hydrogens (tertiary/aromatic N) is 2. The molecule has 3 amide bonds. The summed E-state index contributed by atoms with van der Waals surface area (Å²) >= 11 is 1.64. The molecule has 22 heavy (non-hydrogen) atoms. The second-order valence-corrected chi connectivity index (χ2v) is 5.85. The standard InChI is InChI=1S/C14H15N3O4S/c1-22-6-4-10-13(18)17(14(19)15-10)8-9-7-12(21-16-9)11-3-2-5-20-11/h2-3,5,7,10H,4,6,8H2,1H3,(H,15,19)/t10-/m0/s1. The third-order valence-electron chi connectivity index (χ3n) is 3.36. The van der Waals surface area contributed by atoms with Gasteiger partial charge in [0.05, 0.1) is 12.8 Å². The Morgan fingerprint density at radius 2 is 2.27 bits per heavy atom. The Kier molecular flexibility index (Phi) is 4.19. The van der Waals surface area contributed by atoms with Crippen LogP contribution in [0.3, 0.4) is 0 Å². The third kappa shape index (κ3) is 2.87. The van der Waals surface area contributed by atoms with Crippen molar-refractivity contribution in [3.8, 4) is 11.5 Å². The number of nitrogens with one attached hydrogen (secondary N) is 1. The summed E-state index contributed by atoms with van der Waals surface area (Å²) in [5.74, 6) is 1.61. The van der Waals surface area contributed by atoms with Crippen molar-refractivity contribution in [1.82, 2.24) is 15.4 Å². The first-order chi connectivity index (χ1) is 10.7. The third-order valence-corrected chi connectivity index (χ3v) is 4.00. The fourth-order valence-electron chi connectivity index (χ4n) is 2.24. The zero-order valence-corrected chi connectivity index (χ0v) is 12.8. The molecule has 1 fully saturated rings. The van der Waals surface area contributed by atoms with Crippen LogP contribution in [0.1, 0.15) is 12.1 Å². The predicted octanol–water partition coefficient (Wildman–Crippen LogP) is 2.11. The number of hydrogen-bond donors (Lipinski definition) is 1. The lowest BCUT2D eigenvalue weighted by atomic mass is 10.2. The van der Waals surface area contributed by atoms with Crippen LogP contribution < -0.4 is 5.32 Å². The van der Waals surface area contributed by atoms with Gasteiger partial charge in [0.25, 0.3) is 5.91 Å². The van der Waals surface area contributed by atoms with Crippen LogP contribution in [0.5, 0.6) is 0 Å². The first kappa shape index (κ1) is 14.7. The van der Waals surface area contributed by atoms with Crippen LogP contribution in [0.15, 0.2) is 33.4 Å². The molecule has 1 aliphatic rings. The van der Waals surface area contributed by atoms with Gasteiger partial charge in [0, 0.05) is 6.07 Å². The summed E-state index contributed by atoms with van der Waals surface area (Å²) in [5.41, 5.74) is 0.500. The molecule has 0 unspecified atom stereocenters. The lowest BCUT2D eigenvalue weighted by Gasteiger charge is -2.10. The Balaban J connectivity index is 1.68. The maximum absolute atomic E-state index is 12.2. The number of rotatable bonds is 6. The Bertz CT molecular complexity index is 667. The average Bonchev–Trinajstić information content (AvgIpc) is 3.22. The van der Waals surface area contributed by atoms with E-state index in [4.69, 9.17) is 8.94 Å². The van der Waals surface area contributed by atoms with Crippen molar-refractivity contribution in [3.05, 3.63) is 30.2 Å². The quantitative estimate of drug-likeness (QED) is 0.820. The number of urea groups is 1. The van der Waals surface area contributed by atoms with Gasteiger partial charge in [-0.2, -0.15) is 11.8 Å². The second kappa shape index (κ2) is 6.27. The summed E-state index contributed by atoms with van der Waals surface area (Å²) in [4.78, 5) is 25.3. The summed E-state index contributed by atoms with van der Waals surface area (Å²) in [6, 6.07) is 4.31. The van der Waals surface area contributed by atoms with Crippen molar-refractivity contribution in [3.63, 3.8) is 0 Å². The van der Waals surface area contributed by atoms with E-state index in [1.807, 2.05) is 6.26 Å². The minimum Gasteiger partial charge on any atom is -0.461 e. The molecule has 2 aromatic heterocycles. The molecule has 0 aliphatic carbocycles. The van der Waals surface area contributed by atoms with Crippen molar-refractivity contribution in [1.29, 1.82) is 0 Å². The summed E-state index contributed by atoms with van der Waals surface area (Å²) in [6.07, 6.45) is 4.12. The number of carbonyl (C=O) groups excluding carboxylic acids is 2. The van der Waals surface area contributed by atoms with E-state index in [9.17, 15) is 9.59 Å². The van der Waals surface area contributed by atoms with Gasteiger partial charge < -0.3 is 14.3 Å². The van der Waals surface area contributed by atoms with Crippen molar-refractivity contribution >= 4 is 23.7 Å². The van der Waals surface area contributed by atoms with Crippen LogP contribution in [0.2, 0.25) is 0 Å². The molecule has 1 atom stereocenters. The zero-order valence-electron chi connectivity index (χ0n) is 11.9. The Morgan fingerprint density at radius 3 is 3.00 bits per heavy atom. The van der Waals surface area contributed by atoms with Crippen molar-refractivity contribution in [2.75, 3.05) is 12.0 Å². The van der Waals surface area contributed by atoms with E-state index in [1.54, 1.807) is 30.0 Å². The van der Waals surface area contributed by atoms with Crippen LogP contribution in [-0.2, 0) is 11.3 Å². The van der Waals surface area contributed by atoms with Gasteiger partial charge >= 0.3 is 6.03 Å². The van der Waals surface area contributed by atoms with Crippen LogP contribution in [0, 0.1) is 0 Å². The normalized spacial score (nSPS) is 18.0. The molecule has 1 N–H and O–H groups in total. The molecule has 0 spiro atoms. The molecule has 3 rings (SSSR count). The maximum Gasteiger partial charge on any atom is 0.325 e. The SMILES string of the molecule is CSCC[C@@H]1NC(=O)N(Cc2cc(-c3ccco3)on2)C1=O. The van der Waals surface area contributed by atoms with Gasteiger partial charge in [0.2, 0.25) is 5.76 Å². The van der Waals surface area contributed by atoms with E-state index in [0.717, 1.165) is 10.7 Å². The van der Waals surface area contributed by atoms with Crippen LogP contribution in [0.4, 0.5) is 4.79 Å². The zero-order chi connectivity index (χ0) is 15.5. The Labute approximate surface area is 131 Å². The number of amides is 3. The minimum absolute atomic E-state index is 0.0879. The number of hydrogen-bond acceptors (Lipinski definition) is 6. The highest BCUT2D eigenvalue weighted by atomic mass is 32.2. The van der Waals surface area contributed by atoms with E-state index >= 15 is 0 Å². The molecule has 1 aliphatic heterocycles. The van der Waals surface area contributed by atoms with E-state index < -0.39 is 12.1 Å². The topological polar surface area (TPSA) is 88.6 Å². The number of furan rings is 1. The smallest absolute Gasteiger partial charge is 0.325 e. The minimum atomic E-state index is -0.448. The Hall–Kier alpha value is -2.22. The number of carbonyl (C=O) groups is 2. The highest BCUT2D eigenvalue weighted by molar-refractivity contribution is 7.98. The molecule has 7 nitrogen and oxygen atoms in total. The van der Waals surface area contributed by atoms with Gasteiger partial charge in [0.1, 0.15) is 11.7 Å². The highest BCUT2D eigenvalue weighted by Crippen LogP contribution is 2.22. The number of thioether (sulfide) groups is 1. The van der Waals surface area contributed by atoms with Crippen molar-refractivity contribution < 1.29 is 18.5 Å². The average molecular weight is 321 g/mol. The van der Waals surface area contributed by atoms with Gasteiger partial charge in [0.15, 0.2) is 5.76 Å². The molecule has 0 aromatic carbocycles. The van der Waals surface area contributed by atoms with Gasteiger partial charge in [-0.05, 0) is 30.6 Å². The van der Waals surface area contributed by atoms with Crippen molar-refractivity contribution in [2.45, 2.75) is 19.0 Å². The molecular formula is C14H15N3O4S. The molecule has 1 saturated heterocycles. The largest absolute Gasteiger partial charge is 0.461 e. The van der Waals surface area contributed by atoms with Gasteiger partial charge in [-0.3, -0.25) is 9.69 Å². The molecule has 2 aromatic rings. The van der Waals surface area contributed by atoms with E-state index in [-0.39, 0.29) is 12.5 Å². The molecule has 8 heteroatoms. The summed E-state index contributed by atoms with van der Waals surface area (Å²) in [7, 11) is 0.